The van der Waals surface area contributed by atoms with E-state index in [9.17, 15) is 8.42 Å². The highest BCUT2D eigenvalue weighted by Gasteiger charge is 2.32. The van der Waals surface area contributed by atoms with Gasteiger partial charge in [0.2, 0.25) is 10.0 Å². The fourth-order valence-electron chi connectivity index (χ4n) is 1.42. The lowest BCUT2D eigenvalue weighted by Gasteiger charge is -2.28. The van der Waals surface area contributed by atoms with Gasteiger partial charge in [-0.25, -0.2) is 13.1 Å². The van der Waals surface area contributed by atoms with Crippen molar-refractivity contribution in [2.45, 2.75) is 50.4 Å². The lowest BCUT2D eigenvalue weighted by molar-refractivity contribution is 0.445. The molecule has 1 atom stereocenters. The van der Waals surface area contributed by atoms with Gasteiger partial charge in [0.25, 0.3) is 0 Å². The maximum absolute atomic E-state index is 12.2. The molecule has 1 aromatic heterocycles. The first-order valence-electron chi connectivity index (χ1n) is 5.27. The summed E-state index contributed by atoms with van der Waals surface area (Å²) < 4.78 is 27.0. The number of aromatic amines is 1. The first-order chi connectivity index (χ1) is 7.58. The van der Waals surface area contributed by atoms with Gasteiger partial charge in [-0.05, 0) is 34.6 Å². The van der Waals surface area contributed by atoms with Crippen molar-refractivity contribution in [1.29, 1.82) is 0 Å². The molecule has 0 bridgehead atoms. The Bertz CT molecular complexity index is 486. The Balaban J connectivity index is 3.15. The van der Waals surface area contributed by atoms with Gasteiger partial charge in [-0.1, -0.05) is 0 Å². The van der Waals surface area contributed by atoms with E-state index in [2.05, 4.69) is 14.9 Å². The highest BCUT2D eigenvalue weighted by atomic mass is 35.5. The second-order valence-electron chi connectivity index (χ2n) is 4.71. The van der Waals surface area contributed by atoms with Crippen LogP contribution in [-0.4, -0.2) is 29.5 Å². The minimum absolute atomic E-state index is 0.197. The van der Waals surface area contributed by atoms with Crippen LogP contribution in [0.5, 0.6) is 0 Å². The number of nitrogens with zero attached hydrogens (tertiary/aromatic N) is 1. The molecule has 98 valence electrons. The standard InChI is InChI=1S/C10H18ClN3O2S/c1-6-9(7(2)13-12-6)17(15,16)14-10(4,5)8(3)11/h8,14H,1-5H3,(H,12,13). The number of halogens is 1. The zero-order valence-corrected chi connectivity index (χ0v) is 12.2. The van der Waals surface area contributed by atoms with E-state index in [1.807, 2.05) is 0 Å². The number of aryl methyl sites for hydroxylation is 2. The van der Waals surface area contributed by atoms with E-state index >= 15 is 0 Å². The van der Waals surface area contributed by atoms with Gasteiger partial charge in [0, 0.05) is 10.9 Å². The van der Waals surface area contributed by atoms with Crippen molar-refractivity contribution in [2.75, 3.05) is 0 Å². The third kappa shape index (κ3) is 3.00. The summed E-state index contributed by atoms with van der Waals surface area (Å²) in [6, 6.07) is 0. The molecule has 1 rings (SSSR count). The molecule has 0 aromatic carbocycles. The number of hydrogen-bond acceptors (Lipinski definition) is 3. The van der Waals surface area contributed by atoms with Gasteiger partial charge < -0.3 is 0 Å². The molecule has 0 radical (unpaired) electrons. The fourth-order valence-corrected chi connectivity index (χ4v) is 3.39. The number of sulfonamides is 1. The van der Waals surface area contributed by atoms with Gasteiger partial charge in [0.1, 0.15) is 4.90 Å². The molecular weight excluding hydrogens is 262 g/mol. The Kier molecular flexibility index (Phi) is 3.91. The van der Waals surface area contributed by atoms with Crippen molar-refractivity contribution in [3.8, 4) is 0 Å². The highest BCUT2D eigenvalue weighted by molar-refractivity contribution is 7.89. The van der Waals surface area contributed by atoms with Crippen molar-refractivity contribution in [1.82, 2.24) is 14.9 Å². The van der Waals surface area contributed by atoms with Gasteiger partial charge in [0.05, 0.1) is 11.4 Å². The predicted molar refractivity (Wildman–Crippen MR) is 67.8 cm³/mol. The van der Waals surface area contributed by atoms with Crippen LogP contribution >= 0.6 is 11.6 Å². The Morgan fingerprint density at radius 3 is 2.29 bits per heavy atom. The maximum atomic E-state index is 12.2. The van der Waals surface area contributed by atoms with Crippen molar-refractivity contribution in [2.24, 2.45) is 0 Å². The zero-order valence-electron chi connectivity index (χ0n) is 10.6. The smallest absolute Gasteiger partial charge is 0.244 e. The van der Waals surface area contributed by atoms with E-state index < -0.39 is 15.6 Å². The number of alkyl halides is 1. The summed E-state index contributed by atoms with van der Waals surface area (Å²) in [6.45, 7) is 8.56. The molecule has 0 aliphatic carbocycles. The highest BCUT2D eigenvalue weighted by Crippen LogP contribution is 2.22. The SMILES string of the molecule is Cc1n[nH]c(C)c1S(=O)(=O)NC(C)(C)C(C)Cl. The third-order valence-electron chi connectivity index (χ3n) is 2.72. The molecular formula is C10H18ClN3O2S. The molecule has 0 saturated heterocycles. The minimum atomic E-state index is -3.61. The van der Waals surface area contributed by atoms with Crippen LogP contribution in [-0.2, 0) is 10.0 Å². The molecule has 0 spiro atoms. The summed E-state index contributed by atoms with van der Waals surface area (Å²) in [6.07, 6.45) is 0. The number of hydrogen-bond donors (Lipinski definition) is 2. The van der Waals surface area contributed by atoms with Crippen LogP contribution in [0.15, 0.2) is 4.90 Å². The summed E-state index contributed by atoms with van der Waals surface area (Å²) in [5, 5.41) is 6.21. The average molecular weight is 280 g/mol. The monoisotopic (exact) mass is 279 g/mol. The molecule has 0 amide bonds. The van der Waals surface area contributed by atoms with Crippen LogP contribution < -0.4 is 4.72 Å². The van der Waals surface area contributed by atoms with E-state index in [1.54, 1.807) is 34.6 Å². The van der Waals surface area contributed by atoms with Crippen LogP contribution in [0.1, 0.15) is 32.2 Å². The van der Waals surface area contributed by atoms with Gasteiger partial charge in [-0.3, -0.25) is 5.10 Å². The number of rotatable bonds is 4. The Hall–Kier alpha value is -0.590. The maximum Gasteiger partial charge on any atom is 0.244 e. The van der Waals surface area contributed by atoms with Crippen LogP contribution in [0, 0.1) is 13.8 Å². The molecule has 0 aliphatic rings. The van der Waals surface area contributed by atoms with E-state index in [-0.39, 0.29) is 10.3 Å². The summed E-state index contributed by atoms with van der Waals surface area (Å²) in [5.41, 5.74) is 0.248. The molecule has 2 N–H and O–H groups in total. The number of nitrogens with one attached hydrogen (secondary N) is 2. The third-order valence-corrected chi connectivity index (χ3v) is 5.20. The molecule has 1 aromatic rings. The van der Waals surface area contributed by atoms with Crippen LogP contribution in [0.4, 0.5) is 0 Å². The summed E-state index contributed by atoms with van der Waals surface area (Å²) in [5.74, 6) is 0. The molecule has 0 saturated carbocycles. The zero-order chi connectivity index (χ0) is 13.4. The van der Waals surface area contributed by atoms with Gasteiger partial charge >= 0.3 is 0 Å². The molecule has 0 fully saturated rings. The van der Waals surface area contributed by atoms with E-state index in [1.165, 1.54) is 0 Å². The fraction of sp³-hybridized carbons (Fsp3) is 0.700. The summed E-state index contributed by atoms with van der Waals surface area (Å²) in [4.78, 5) is 0.197. The lowest BCUT2D eigenvalue weighted by Crippen LogP contribution is -2.49. The summed E-state index contributed by atoms with van der Waals surface area (Å²) in [7, 11) is -3.61. The number of aromatic nitrogens is 2. The second-order valence-corrected chi connectivity index (χ2v) is 6.98. The molecule has 5 nitrogen and oxygen atoms in total. The average Bonchev–Trinajstić information content (AvgIpc) is 2.44. The van der Waals surface area contributed by atoms with Crippen molar-refractivity contribution in [3.05, 3.63) is 11.4 Å². The van der Waals surface area contributed by atoms with E-state index in [0.717, 1.165) is 0 Å². The van der Waals surface area contributed by atoms with Crippen molar-refractivity contribution < 1.29 is 8.42 Å². The minimum Gasteiger partial charge on any atom is -0.281 e. The first kappa shape index (κ1) is 14.5. The normalized spacial score (nSPS) is 14.9. The Labute approximate surface area is 107 Å². The Morgan fingerprint density at radius 1 is 1.41 bits per heavy atom. The summed E-state index contributed by atoms with van der Waals surface area (Å²) >= 11 is 5.97. The van der Waals surface area contributed by atoms with Crippen LogP contribution in [0.3, 0.4) is 0 Å². The lowest BCUT2D eigenvalue weighted by atomic mass is 10.0. The molecule has 7 heteroatoms. The molecule has 17 heavy (non-hydrogen) atoms. The molecule has 1 heterocycles. The number of H-pyrrole nitrogens is 1. The molecule has 1 unspecified atom stereocenters. The largest absolute Gasteiger partial charge is 0.281 e. The van der Waals surface area contributed by atoms with E-state index in [4.69, 9.17) is 11.6 Å². The van der Waals surface area contributed by atoms with Crippen LogP contribution in [0.25, 0.3) is 0 Å². The Morgan fingerprint density at radius 2 is 1.94 bits per heavy atom. The predicted octanol–water partition coefficient (Wildman–Crippen LogP) is 1.71. The second kappa shape index (κ2) is 4.59. The van der Waals surface area contributed by atoms with Gasteiger partial charge in [-0.15, -0.1) is 11.6 Å². The van der Waals surface area contributed by atoms with Crippen molar-refractivity contribution in [3.63, 3.8) is 0 Å². The first-order valence-corrected chi connectivity index (χ1v) is 7.19. The van der Waals surface area contributed by atoms with Gasteiger partial charge in [0.15, 0.2) is 0 Å². The topological polar surface area (TPSA) is 74.8 Å². The van der Waals surface area contributed by atoms with Crippen molar-refractivity contribution >= 4 is 21.6 Å². The van der Waals surface area contributed by atoms with E-state index in [0.29, 0.717) is 11.4 Å². The van der Waals surface area contributed by atoms with Gasteiger partial charge in [-0.2, -0.15) is 5.10 Å². The quantitative estimate of drug-likeness (QED) is 0.824. The van der Waals surface area contributed by atoms with Crippen LogP contribution in [0.2, 0.25) is 0 Å². The molecule has 0 aliphatic heterocycles.